The van der Waals surface area contributed by atoms with Crippen LogP contribution in [0.5, 0.6) is 5.75 Å². The average molecular weight is 454 g/mol. The van der Waals surface area contributed by atoms with E-state index >= 15 is 0 Å². The van der Waals surface area contributed by atoms with Crippen molar-refractivity contribution in [3.8, 4) is 17.0 Å². The number of hydrogen-bond donors (Lipinski definition) is 1. The summed E-state index contributed by atoms with van der Waals surface area (Å²) in [6, 6.07) is 12.6. The molecule has 0 unspecified atom stereocenters. The van der Waals surface area contributed by atoms with Crippen molar-refractivity contribution in [3.05, 3.63) is 61.2 Å². The predicted octanol–water partition coefficient (Wildman–Crippen LogP) is 4.98. The van der Waals surface area contributed by atoms with Crippen LogP contribution in [0, 0.1) is 0 Å². The maximum Gasteiger partial charge on any atom is 0.127 e. The molecule has 1 saturated carbocycles. The Bertz CT molecular complexity index is 1460. The zero-order chi connectivity index (χ0) is 23.1. The Morgan fingerprint density at radius 3 is 2.71 bits per heavy atom. The molecule has 1 aliphatic carbocycles. The molecule has 6 rings (SSSR count). The highest BCUT2D eigenvalue weighted by Gasteiger charge is 2.27. The second kappa shape index (κ2) is 8.44. The van der Waals surface area contributed by atoms with Gasteiger partial charge in [0.1, 0.15) is 17.3 Å². The first-order valence-corrected chi connectivity index (χ1v) is 11.7. The van der Waals surface area contributed by atoms with Crippen molar-refractivity contribution >= 4 is 27.6 Å². The number of aromatic nitrogens is 6. The van der Waals surface area contributed by atoms with Crippen molar-refractivity contribution in [2.24, 2.45) is 7.05 Å². The summed E-state index contributed by atoms with van der Waals surface area (Å²) in [4.78, 5) is 8.99. The summed E-state index contributed by atoms with van der Waals surface area (Å²) in [5, 5.41) is 14.7. The van der Waals surface area contributed by atoms with E-state index in [1.54, 1.807) is 4.68 Å². The van der Waals surface area contributed by atoms with Crippen LogP contribution in [0.3, 0.4) is 0 Å². The van der Waals surface area contributed by atoms with Crippen LogP contribution in [0.25, 0.3) is 33.1 Å². The van der Waals surface area contributed by atoms with Crippen molar-refractivity contribution < 1.29 is 4.74 Å². The number of nitrogens with zero attached hydrogens (tertiary/aromatic N) is 6. The zero-order valence-corrected chi connectivity index (χ0v) is 19.3. The Morgan fingerprint density at radius 2 is 1.91 bits per heavy atom. The molecule has 1 fully saturated rings. The Labute approximate surface area is 197 Å². The SMILES string of the molecule is CNc1cc2c(cn1)c(-c1cnn(C)c1)nn2[C@H]1CC[C@@H](Oc2ccc3cccnc3c2)CC1. The second-order valence-corrected chi connectivity index (χ2v) is 8.94. The number of pyridine rings is 2. The largest absolute Gasteiger partial charge is 0.490 e. The second-order valence-electron chi connectivity index (χ2n) is 8.94. The lowest BCUT2D eigenvalue weighted by molar-refractivity contribution is 0.131. The van der Waals surface area contributed by atoms with E-state index in [-0.39, 0.29) is 6.10 Å². The number of benzene rings is 1. The van der Waals surface area contributed by atoms with Crippen LogP contribution in [0.15, 0.2) is 61.2 Å². The molecule has 34 heavy (non-hydrogen) atoms. The van der Waals surface area contributed by atoms with Crippen LogP contribution < -0.4 is 10.1 Å². The minimum absolute atomic E-state index is 0.201. The lowest BCUT2D eigenvalue weighted by Gasteiger charge is -2.29. The van der Waals surface area contributed by atoms with Gasteiger partial charge in [-0.25, -0.2) is 4.98 Å². The summed E-state index contributed by atoms with van der Waals surface area (Å²) >= 11 is 0. The lowest BCUT2D eigenvalue weighted by Crippen LogP contribution is -2.26. The quantitative estimate of drug-likeness (QED) is 0.404. The number of nitrogens with one attached hydrogen (secondary N) is 1. The van der Waals surface area contributed by atoms with Crippen LogP contribution in [-0.4, -0.2) is 42.7 Å². The molecule has 8 nitrogen and oxygen atoms in total. The van der Waals surface area contributed by atoms with Gasteiger partial charge in [0.25, 0.3) is 0 Å². The van der Waals surface area contributed by atoms with Crippen molar-refractivity contribution in [1.82, 2.24) is 29.5 Å². The monoisotopic (exact) mass is 453 g/mol. The molecule has 0 saturated heterocycles. The molecule has 0 spiro atoms. The zero-order valence-electron chi connectivity index (χ0n) is 19.3. The Kier molecular flexibility index (Phi) is 5.13. The molecule has 0 amide bonds. The fourth-order valence-corrected chi connectivity index (χ4v) is 4.92. The van der Waals surface area contributed by atoms with Crippen molar-refractivity contribution in [1.29, 1.82) is 0 Å². The molecule has 1 aromatic carbocycles. The normalized spacial score (nSPS) is 18.4. The van der Waals surface area contributed by atoms with E-state index in [2.05, 4.69) is 43.3 Å². The number of hydrogen-bond acceptors (Lipinski definition) is 6. The third-order valence-corrected chi connectivity index (χ3v) is 6.70. The molecule has 1 aliphatic rings. The highest BCUT2D eigenvalue weighted by molar-refractivity contribution is 5.93. The van der Waals surface area contributed by atoms with Gasteiger partial charge in [0.15, 0.2) is 0 Å². The Hall–Kier alpha value is -3.94. The number of aryl methyl sites for hydroxylation is 1. The van der Waals surface area contributed by atoms with Gasteiger partial charge in [-0.2, -0.15) is 10.2 Å². The molecule has 0 aliphatic heterocycles. The first kappa shape index (κ1) is 20.7. The average Bonchev–Trinajstić information content (AvgIpc) is 3.47. The van der Waals surface area contributed by atoms with E-state index in [0.717, 1.165) is 70.3 Å². The highest BCUT2D eigenvalue weighted by atomic mass is 16.5. The molecule has 0 bridgehead atoms. The van der Waals surface area contributed by atoms with E-state index in [0.29, 0.717) is 6.04 Å². The summed E-state index contributed by atoms with van der Waals surface area (Å²) in [5.41, 5.74) is 4.00. The van der Waals surface area contributed by atoms with Gasteiger partial charge in [-0.1, -0.05) is 6.07 Å². The molecule has 0 radical (unpaired) electrons. The third kappa shape index (κ3) is 3.75. The predicted molar refractivity (Wildman–Crippen MR) is 133 cm³/mol. The van der Waals surface area contributed by atoms with Gasteiger partial charge in [0.2, 0.25) is 0 Å². The fourth-order valence-electron chi connectivity index (χ4n) is 4.92. The standard InChI is InChI=1S/C26H27N7O/c1-27-25-13-24-22(15-29-25)26(18-14-30-32(2)16-18)31-33(24)19-6-9-20(10-7-19)34-21-8-5-17-4-3-11-28-23(17)12-21/h3-5,8,11-16,19-20H,6-7,9-10H2,1-2H3,(H,27,29)/t19-,20+. The maximum absolute atomic E-state index is 6.35. The lowest BCUT2D eigenvalue weighted by atomic mass is 9.93. The molecule has 0 atom stereocenters. The fraction of sp³-hybridized carbons (Fsp3) is 0.308. The molecule has 1 N–H and O–H groups in total. The van der Waals surface area contributed by atoms with Gasteiger partial charge in [-0.15, -0.1) is 0 Å². The van der Waals surface area contributed by atoms with Crippen LogP contribution in [0.4, 0.5) is 5.82 Å². The van der Waals surface area contributed by atoms with Gasteiger partial charge < -0.3 is 10.1 Å². The summed E-state index contributed by atoms with van der Waals surface area (Å²) in [6.07, 6.45) is 11.8. The first-order valence-electron chi connectivity index (χ1n) is 11.7. The van der Waals surface area contributed by atoms with E-state index in [9.17, 15) is 0 Å². The number of anilines is 1. The van der Waals surface area contributed by atoms with E-state index < -0.39 is 0 Å². The van der Waals surface area contributed by atoms with Gasteiger partial charge in [0, 0.05) is 61.2 Å². The number of fused-ring (bicyclic) bond motifs is 2. The highest BCUT2D eigenvalue weighted by Crippen LogP contribution is 2.36. The van der Waals surface area contributed by atoms with Crippen LogP contribution in [0.2, 0.25) is 0 Å². The molecule has 4 heterocycles. The Morgan fingerprint density at radius 1 is 1.03 bits per heavy atom. The molecule has 172 valence electrons. The van der Waals surface area contributed by atoms with Crippen LogP contribution >= 0.6 is 0 Å². The van der Waals surface area contributed by atoms with Gasteiger partial charge in [0.05, 0.1) is 29.4 Å². The molecular weight excluding hydrogens is 426 g/mol. The molecule has 5 aromatic rings. The molecule has 8 heteroatoms. The maximum atomic E-state index is 6.35. The molecule has 4 aromatic heterocycles. The van der Waals surface area contributed by atoms with E-state index in [4.69, 9.17) is 9.84 Å². The Balaban J connectivity index is 1.24. The minimum atomic E-state index is 0.201. The third-order valence-electron chi connectivity index (χ3n) is 6.70. The van der Waals surface area contributed by atoms with Crippen molar-refractivity contribution in [3.63, 3.8) is 0 Å². The van der Waals surface area contributed by atoms with Crippen molar-refractivity contribution in [2.75, 3.05) is 12.4 Å². The van der Waals surface area contributed by atoms with Crippen LogP contribution in [0.1, 0.15) is 31.7 Å². The van der Waals surface area contributed by atoms with Gasteiger partial charge in [-0.05, 0) is 43.9 Å². The topological polar surface area (TPSA) is 82.7 Å². The van der Waals surface area contributed by atoms with E-state index in [1.165, 1.54) is 0 Å². The smallest absolute Gasteiger partial charge is 0.127 e. The van der Waals surface area contributed by atoms with Gasteiger partial charge >= 0.3 is 0 Å². The summed E-state index contributed by atoms with van der Waals surface area (Å²) in [5.74, 6) is 1.73. The van der Waals surface area contributed by atoms with E-state index in [1.807, 2.05) is 57.1 Å². The van der Waals surface area contributed by atoms with Crippen LogP contribution in [-0.2, 0) is 7.05 Å². The number of ether oxygens (including phenoxy) is 1. The first-order chi connectivity index (χ1) is 16.7. The van der Waals surface area contributed by atoms with Crippen molar-refractivity contribution in [2.45, 2.75) is 37.8 Å². The number of rotatable bonds is 5. The summed E-state index contributed by atoms with van der Waals surface area (Å²) in [6.45, 7) is 0. The summed E-state index contributed by atoms with van der Waals surface area (Å²) < 4.78 is 10.3. The van der Waals surface area contributed by atoms with Gasteiger partial charge in [-0.3, -0.25) is 14.3 Å². The molecular formula is C26H27N7O. The summed E-state index contributed by atoms with van der Waals surface area (Å²) in [7, 11) is 3.81. The minimum Gasteiger partial charge on any atom is -0.490 e.